The second-order valence-corrected chi connectivity index (χ2v) is 7.91. The van der Waals surface area contributed by atoms with E-state index in [-0.39, 0.29) is 11.9 Å². The third-order valence-electron chi connectivity index (χ3n) is 4.31. The van der Waals surface area contributed by atoms with Crippen molar-refractivity contribution in [1.29, 1.82) is 0 Å². The number of ether oxygens (including phenoxy) is 2. The molecule has 3 aromatic rings. The van der Waals surface area contributed by atoms with Crippen molar-refractivity contribution in [1.82, 2.24) is 5.43 Å². The van der Waals surface area contributed by atoms with Crippen LogP contribution in [0, 0.1) is 0 Å². The Hall–Kier alpha value is -2.51. The Morgan fingerprint density at radius 1 is 1.30 bits per heavy atom. The minimum Gasteiger partial charge on any atom is -0.490 e. The maximum Gasteiger partial charge on any atom is 0.307 e. The van der Waals surface area contributed by atoms with Crippen molar-refractivity contribution in [2.24, 2.45) is 5.10 Å². The summed E-state index contributed by atoms with van der Waals surface area (Å²) in [5.74, 6) is 0.750. The van der Waals surface area contributed by atoms with Gasteiger partial charge in [-0.3, -0.25) is 4.79 Å². The van der Waals surface area contributed by atoms with Gasteiger partial charge in [-0.25, -0.2) is 5.43 Å². The Morgan fingerprint density at radius 2 is 2.10 bits per heavy atom. The summed E-state index contributed by atoms with van der Waals surface area (Å²) in [6.07, 6.45) is 2.33. The summed E-state index contributed by atoms with van der Waals surface area (Å²) < 4.78 is 18.0. The van der Waals surface area contributed by atoms with E-state index in [0.29, 0.717) is 34.3 Å². The first-order valence-corrected chi connectivity index (χ1v) is 10.7. The van der Waals surface area contributed by atoms with Gasteiger partial charge in [-0.15, -0.1) is 0 Å². The lowest BCUT2D eigenvalue weighted by atomic mass is 10.2. The van der Waals surface area contributed by atoms with Gasteiger partial charge in [0.15, 0.2) is 17.3 Å². The predicted octanol–water partition coefficient (Wildman–Crippen LogP) is 6.19. The van der Waals surface area contributed by atoms with Gasteiger partial charge < -0.3 is 13.9 Å². The maximum absolute atomic E-state index is 12.3. The molecule has 0 aliphatic rings. The lowest BCUT2D eigenvalue weighted by Crippen LogP contribution is -2.16. The van der Waals surface area contributed by atoms with Crippen LogP contribution in [0.3, 0.4) is 0 Å². The monoisotopic (exact) mass is 492 g/mol. The number of rotatable bonds is 8. The minimum atomic E-state index is -0.452. The number of carbonyl (C=O) groups excluding carboxylic acids is 1. The predicted molar refractivity (Wildman–Crippen MR) is 122 cm³/mol. The van der Waals surface area contributed by atoms with E-state index in [1.807, 2.05) is 32.9 Å². The van der Waals surface area contributed by atoms with E-state index in [1.165, 1.54) is 6.21 Å². The SMILES string of the molecule is CCOc1cc(/C=N/NC(=O)c2cc3cc(Br)ccc3o2)cc(Cl)c1O[C@@H](C)CC. The maximum atomic E-state index is 12.3. The lowest BCUT2D eigenvalue weighted by Gasteiger charge is -2.18. The molecule has 0 aliphatic heterocycles. The molecule has 8 heteroatoms. The van der Waals surface area contributed by atoms with Crippen LogP contribution in [0.15, 0.2) is 50.4 Å². The molecule has 1 aromatic heterocycles. The van der Waals surface area contributed by atoms with Crippen molar-refractivity contribution in [3.05, 3.63) is 57.2 Å². The van der Waals surface area contributed by atoms with Crippen LogP contribution in [0.1, 0.15) is 43.3 Å². The van der Waals surface area contributed by atoms with Crippen LogP contribution in [-0.4, -0.2) is 24.8 Å². The minimum absolute atomic E-state index is 0.00458. The molecular weight excluding hydrogens is 472 g/mol. The third kappa shape index (κ3) is 5.34. The van der Waals surface area contributed by atoms with Gasteiger partial charge in [0.1, 0.15) is 5.58 Å². The van der Waals surface area contributed by atoms with Gasteiger partial charge in [0.25, 0.3) is 0 Å². The molecule has 0 saturated carbocycles. The van der Waals surface area contributed by atoms with Crippen molar-refractivity contribution >= 4 is 50.6 Å². The molecule has 0 aliphatic carbocycles. The number of hydrogen-bond acceptors (Lipinski definition) is 5. The normalized spacial score (nSPS) is 12.3. The first-order chi connectivity index (χ1) is 14.4. The molecule has 0 radical (unpaired) electrons. The number of nitrogens with one attached hydrogen (secondary N) is 1. The summed E-state index contributed by atoms with van der Waals surface area (Å²) >= 11 is 9.79. The molecule has 1 atom stereocenters. The number of hydrazone groups is 1. The van der Waals surface area contributed by atoms with Crippen molar-refractivity contribution < 1.29 is 18.7 Å². The van der Waals surface area contributed by atoms with Crippen LogP contribution in [0.25, 0.3) is 11.0 Å². The average molecular weight is 494 g/mol. The zero-order valence-electron chi connectivity index (χ0n) is 16.9. The summed E-state index contributed by atoms with van der Waals surface area (Å²) in [7, 11) is 0. The van der Waals surface area contributed by atoms with Crippen molar-refractivity contribution in [2.45, 2.75) is 33.3 Å². The van der Waals surface area contributed by atoms with Gasteiger partial charge in [0.2, 0.25) is 0 Å². The fourth-order valence-electron chi connectivity index (χ4n) is 2.67. The Morgan fingerprint density at radius 3 is 2.83 bits per heavy atom. The van der Waals surface area contributed by atoms with Gasteiger partial charge >= 0.3 is 5.91 Å². The summed E-state index contributed by atoms with van der Waals surface area (Å²) in [6.45, 7) is 6.34. The van der Waals surface area contributed by atoms with Gasteiger partial charge in [-0.05, 0) is 62.2 Å². The van der Waals surface area contributed by atoms with E-state index in [0.717, 1.165) is 16.3 Å². The van der Waals surface area contributed by atoms with E-state index in [9.17, 15) is 4.79 Å². The Bertz CT molecular complexity index is 1080. The molecular formula is C22H22BrClN2O4. The third-order valence-corrected chi connectivity index (χ3v) is 5.08. The fraction of sp³-hybridized carbons (Fsp3) is 0.273. The van der Waals surface area contributed by atoms with E-state index in [4.69, 9.17) is 25.5 Å². The molecule has 0 fully saturated rings. The van der Waals surface area contributed by atoms with Crippen molar-refractivity contribution in [3.63, 3.8) is 0 Å². The molecule has 30 heavy (non-hydrogen) atoms. The van der Waals surface area contributed by atoms with Gasteiger partial charge in [-0.1, -0.05) is 34.5 Å². The van der Waals surface area contributed by atoms with Crippen LogP contribution in [0.2, 0.25) is 5.02 Å². The number of halogens is 2. The van der Waals surface area contributed by atoms with Gasteiger partial charge in [0, 0.05) is 9.86 Å². The van der Waals surface area contributed by atoms with Crippen LogP contribution in [0.5, 0.6) is 11.5 Å². The number of nitrogens with zero attached hydrogens (tertiary/aromatic N) is 1. The van der Waals surface area contributed by atoms with Crippen molar-refractivity contribution in [3.8, 4) is 11.5 Å². The molecule has 1 amide bonds. The highest BCUT2D eigenvalue weighted by molar-refractivity contribution is 9.10. The molecule has 1 heterocycles. The van der Waals surface area contributed by atoms with E-state index in [1.54, 1.807) is 24.3 Å². The van der Waals surface area contributed by atoms with E-state index < -0.39 is 5.91 Å². The molecule has 1 N–H and O–H groups in total. The molecule has 0 saturated heterocycles. The fourth-order valence-corrected chi connectivity index (χ4v) is 3.31. The molecule has 0 unspecified atom stereocenters. The second-order valence-electron chi connectivity index (χ2n) is 6.59. The largest absolute Gasteiger partial charge is 0.490 e. The molecule has 6 nitrogen and oxygen atoms in total. The smallest absolute Gasteiger partial charge is 0.307 e. The molecule has 2 aromatic carbocycles. The first kappa shape index (κ1) is 22.2. The van der Waals surface area contributed by atoms with Crippen LogP contribution in [-0.2, 0) is 0 Å². The van der Waals surface area contributed by atoms with Crippen LogP contribution >= 0.6 is 27.5 Å². The molecule has 0 bridgehead atoms. The molecule has 3 rings (SSSR count). The number of fused-ring (bicyclic) bond motifs is 1. The van der Waals surface area contributed by atoms with E-state index >= 15 is 0 Å². The second kappa shape index (κ2) is 10.00. The summed E-state index contributed by atoms with van der Waals surface area (Å²) in [6, 6.07) is 10.6. The topological polar surface area (TPSA) is 73.1 Å². The number of carbonyl (C=O) groups is 1. The zero-order valence-corrected chi connectivity index (χ0v) is 19.2. The Labute approximate surface area is 188 Å². The Kier molecular flexibility index (Phi) is 7.39. The van der Waals surface area contributed by atoms with Gasteiger partial charge in [-0.2, -0.15) is 5.10 Å². The molecule has 0 spiro atoms. The summed E-state index contributed by atoms with van der Waals surface area (Å²) in [5, 5.41) is 5.24. The standard InChI is InChI=1S/C22H22BrClN2O4/c1-4-13(3)29-21-17(24)8-14(9-19(21)28-5-2)12-25-26-22(27)20-11-15-10-16(23)6-7-18(15)30-20/h6-13H,4-5H2,1-3H3,(H,26,27)/b25-12+/t13-/m0/s1. The summed E-state index contributed by atoms with van der Waals surface area (Å²) in [4.78, 5) is 12.3. The molecule has 158 valence electrons. The Balaban J connectivity index is 1.75. The van der Waals surface area contributed by atoms with E-state index in [2.05, 4.69) is 26.5 Å². The average Bonchev–Trinajstić information content (AvgIpc) is 3.13. The lowest BCUT2D eigenvalue weighted by molar-refractivity contribution is 0.0929. The highest BCUT2D eigenvalue weighted by Crippen LogP contribution is 2.37. The van der Waals surface area contributed by atoms with Crippen LogP contribution in [0.4, 0.5) is 0 Å². The summed E-state index contributed by atoms with van der Waals surface area (Å²) in [5.41, 5.74) is 3.74. The van der Waals surface area contributed by atoms with Crippen molar-refractivity contribution in [2.75, 3.05) is 6.61 Å². The number of amides is 1. The first-order valence-electron chi connectivity index (χ1n) is 9.56. The highest BCUT2D eigenvalue weighted by Gasteiger charge is 2.15. The number of furan rings is 1. The zero-order chi connectivity index (χ0) is 21.7. The van der Waals surface area contributed by atoms with Gasteiger partial charge in [0.05, 0.1) is 23.9 Å². The van der Waals surface area contributed by atoms with Crippen LogP contribution < -0.4 is 14.9 Å². The quantitative estimate of drug-likeness (QED) is 0.300. The highest BCUT2D eigenvalue weighted by atomic mass is 79.9. The number of hydrogen-bond donors (Lipinski definition) is 1. The number of benzene rings is 2.